The number of quaternary nitrogens is 2. The molecule has 20 heavy (non-hydrogen) atoms. The van der Waals surface area contributed by atoms with Crippen LogP contribution in [0.3, 0.4) is 0 Å². The van der Waals surface area contributed by atoms with Crippen LogP contribution in [0, 0.1) is 0 Å². The summed E-state index contributed by atoms with van der Waals surface area (Å²) in [7, 11) is 0. The molecular formula is C16H27BrN2O+2. The van der Waals surface area contributed by atoms with Crippen LogP contribution in [0.15, 0.2) is 28.7 Å². The lowest BCUT2D eigenvalue weighted by molar-refractivity contribution is -0.946. The molecule has 3 N–H and O–H groups in total. The molecule has 0 radical (unpaired) electrons. The molecule has 1 aromatic carbocycles. The first kappa shape index (κ1) is 15.8. The Labute approximate surface area is 130 Å². The van der Waals surface area contributed by atoms with E-state index in [2.05, 4.69) is 21.2 Å². The lowest BCUT2D eigenvalue weighted by Gasteiger charge is -2.21. The van der Waals surface area contributed by atoms with Gasteiger partial charge in [-0.05, 0) is 49.9 Å². The first-order chi connectivity index (χ1) is 9.84. The quantitative estimate of drug-likeness (QED) is 0.674. The highest BCUT2D eigenvalue weighted by atomic mass is 79.9. The largest absolute Gasteiger partial charge is 0.494 e. The van der Waals surface area contributed by atoms with E-state index in [9.17, 15) is 0 Å². The van der Waals surface area contributed by atoms with E-state index in [1.807, 2.05) is 24.3 Å². The topological polar surface area (TPSA) is 30.3 Å². The van der Waals surface area contributed by atoms with Gasteiger partial charge >= 0.3 is 0 Å². The Bertz CT molecular complexity index is 363. The highest BCUT2D eigenvalue weighted by Crippen LogP contribution is 2.16. The van der Waals surface area contributed by atoms with Crippen LogP contribution < -0.4 is 15.0 Å². The zero-order chi connectivity index (χ0) is 14.0. The Morgan fingerprint density at radius 2 is 1.70 bits per heavy atom. The number of piperazine rings is 1. The third-order valence-electron chi connectivity index (χ3n) is 3.91. The lowest BCUT2D eigenvalue weighted by Crippen LogP contribution is -3.20. The molecule has 1 aliphatic rings. The number of nitrogens with two attached hydrogens (primary N) is 1. The van der Waals surface area contributed by atoms with Gasteiger partial charge in [-0.3, -0.25) is 0 Å². The van der Waals surface area contributed by atoms with Crippen molar-refractivity contribution in [2.75, 3.05) is 39.3 Å². The highest BCUT2D eigenvalue weighted by Gasteiger charge is 2.13. The number of hydrogen-bond donors (Lipinski definition) is 2. The molecule has 1 saturated heterocycles. The standard InChI is InChI=1S/C16H25BrN2O/c17-15-5-7-16(8-6-15)20-14-4-2-1-3-11-19-12-9-18-10-13-19/h5-8,18H,1-4,9-14H2/p+2. The van der Waals surface area contributed by atoms with Gasteiger partial charge in [0.05, 0.1) is 13.2 Å². The third kappa shape index (κ3) is 6.25. The van der Waals surface area contributed by atoms with Crippen LogP contribution >= 0.6 is 15.9 Å². The van der Waals surface area contributed by atoms with Crippen LogP contribution in [-0.4, -0.2) is 39.3 Å². The Morgan fingerprint density at radius 1 is 1.00 bits per heavy atom. The van der Waals surface area contributed by atoms with Crippen LogP contribution in [0.2, 0.25) is 0 Å². The minimum Gasteiger partial charge on any atom is -0.494 e. The summed E-state index contributed by atoms with van der Waals surface area (Å²) in [5, 5.41) is 2.43. The van der Waals surface area contributed by atoms with E-state index in [4.69, 9.17) is 4.74 Å². The van der Waals surface area contributed by atoms with E-state index < -0.39 is 0 Å². The highest BCUT2D eigenvalue weighted by molar-refractivity contribution is 9.10. The SMILES string of the molecule is Brc1ccc(OCCCCCC[NH+]2CC[NH2+]CC2)cc1. The zero-order valence-electron chi connectivity index (χ0n) is 12.2. The minimum absolute atomic E-state index is 0.840. The normalized spacial score (nSPS) is 16.2. The number of unbranched alkanes of at least 4 members (excludes halogenated alkanes) is 3. The maximum absolute atomic E-state index is 5.73. The summed E-state index contributed by atoms with van der Waals surface area (Å²) in [6.45, 7) is 7.54. The van der Waals surface area contributed by atoms with Crippen molar-refractivity contribution in [2.45, 2.75) is 25.7 Å². The summed E-state index contributed by atoms with van der Waals surface area (Å²) in [5.74, 6) is 0.974. The van der Waals surface area contributed by atoms with Gasteiger partial charge < -0.3 is 15.0 Å². The van der Waals surface area contributed by atoms with Gasteiger partial charge in [-0.2, -0.15) is 0 Å². The molecule has 0 aromatic heterocycles. The van der Waals surface area contributed by atoms with E-state index in [1.165, 1.54) is 58.4 Å². The van der Waals surface area contributed by atoms with Crippen molar-refractivity contribution < 1.29 is 15.0 Å². The van der Waals surface area contributed by atoms with Gasteiger partial charge in [0.15, 0.2) is 0 Å². The second-order valence-corrected chi connectivity index (χ2v) is 6.50. The first-order valence-electron chi connectivity index (χ1n) is 7.88. The molecule has 1 aromatic rings. The van der Waals surface area contributed by atoms with Crippen LogP contribution in [0.5, 0.6) is 5.75 Å². The van der Waals surface area contributed by atoms with Crippen molar-refractivity contribution >= 4 is 15.9 Å². The minimum atomic E-state index is 0.840. The van der Waals surface area contributed by atoms with Crippen molar-refractivity contribution in [3.05, 3.63) is 28.7 Å². The zero-order valence-corrected chi connectivity index (χ0v) is 13.8. The molecule has 1 heterocycles. The summed E-state index contributed by atoms with van der Waals surface area (Å²) >= 11 is 3.43. The van der Waals surface area contributed by atoms with Gasteiger partial charge in [-0.25, -0.2) is 0 Å². The van der Waals surface area contributed by atoms with E-state index >= 15 is 0 Å². The predicted octanol–water partition coefficient (Wildman–Crippen LogP) is 0.850. The number of hydrogen-bond acceptors (Lipinski definition) is 1. The van der Waals surface area contributed by atoms with Crippen molar-refractivity contribution in [3.63, 3.8) is 0 Å². The van der Waals surface area contributed by atoms with Crippen molar-refractivity contribution in [1.82, 2.24) is 0 Å². The maximum atomic E-state index is 5.73. The Hall–Kier alpha value is -0.580. The molecule has 1 fully saturated rings. The van der Waals surface area contributed by atoms with Gasteiger partial charge in [-0.1, -0.05) is 15.9 Å². The Morgan fingerprint density at radius 3 is 2.45 bits per heavy atom. The maximum Gasteiger partial charge on any atom is 0.127 e. The summed E-state index contributed by atoms with van der Waals surface area (Å²) in [4.78, 5) is 1.80. The third-order valence-corrected chi connectivity index (χ3v) is 4.44. The molecule has 0 aliphatic carbocycles. The van der Waals surface area contributed by atoms with Gasteiger partial charge in [0, 0.05) is 4.47 Å². The average molecular weight is 343 g/mol. The summed E-state index contributed by atoms with van der Waals surface area (Å²) in [6, 6.07) is 8.07. The van der Waals surface area contributed by atoms with Crippen LogP contribution in [0.25, 0.3) is 0 Å². The summed E-state index contributed by atoms with van der Waals surface area (Å²) in [5.41, 5.74) is 0. The smallest absolute Gasteiger partial charge is 0.127 e. The number of ether oxygens (including phenoxy) is 1. The molecule has 1 aliphatic heterocycles. The van der Waals surface area contributed by atoms with E-state index in [-0.39, 0.29) is 0 Å². The molecule has 0 unspecified atom stereocenters. The Balaban J connectivity index is 1.44. The van der Waals surface area contributed by atoms with E-state index in [1.54, 1.807) is 4.90 Å². The van der Waals surface area contributed by atoms with Gasteiger partial charge in [0.25, 0.3) is 0 Å². The van der Waals surface area contributed by atoms with Crippen molar-refractivity contribution in [2.24, 2.45) is 0 Å². The second kappa shape index (κ2) is 9.37. The number of halogens is 1. The van der Waals surface area contributed by atoms with Gasteiger partial charge in [-0.15, -0.1) is 0 Å². The average Bonchev–Trinajstić information content (AvgIpc) is 2.49. The fourth-order valence-corrected chi connectivity index (χ4v) is 2.95. The molecule has 2 rings (SSSR count). The monoisotopic (exact) mass is 342 g/mol. The summed E-state index contributed by atoms with van der Waals surface area (Å²) in [6.07, 6.45) is 5.17. The molecule has 0 saturated carbocycles. The molecule has 3 nitrogen and oxygen atoms in total. The van der Waals surface area contributed by atoms with Crippen LogP contribution in [0.4, 0.5) is 0 Å². The second-order valence-electron chi connectivity index (χ2n) is 5.58. The molecule has 0 atom stereocenters. The first-order valence-corrected chi connectivity index (χ1v) is 8.67. The molecular weight excluding hydrogens is 316 g/mol. The summed E-state index contributed by atoms with van der Waals surface area (Å²) < 4.78 is 6.83. The molecule has 4 heteroatoms. The van der Waals surface area contributed by atoms with E-state index in [0.29, 0.717) is 0 Å². The van der Waals surface area contributed by atoms with Crippen molar-refractivity contribution in [3.8, 4) is 5.75 Å². The number of benzene rings is 1. The number of rotatable bonds is 8. The fourth-order valence-electron chi connectivity index (χ4n) is 2.68. The van der Waals surface area contributed by atoms with E-state index in [0.717, 1.165) is 16.8 Å². The molecule has 0 bridgehead atoms. The Kier molecular flexibility index (Phi) is 7.41. The lowest BCUT2D eigenvalue weighted by atomic mass is 10.2. The van der Waals surface area contributed by atoms with Crippen molar-refractivity contribution in [1.29, 1.82) is 0 Å². The van der Waals surface area contributed by atoms with Crippen LogP contribution in [-0.2, 0) is 0 Å². The molecule has 112 valence electrons. The predicted molar refractivity (Wildman–Crippen MR) is 85.3 cm³/mol. The fraction of sp³-hybridized carbons (Fsp3) is 0.625. The number of nitrogens with one attached hydrogen (secondary N) is 1. The molecule has 0 spiro atoms. The van der Waals surface area contributed by atoms with Gasteiger partial charge in [0.1, 0.15) is 31.9 Å². The van der Waals surface area contributed by atoms with Gasteiger partial charge in [0.2, 0.25) is 0 Å². The van der Waals surface area contributed by atoms with Crippen LogP contribution in [0.1, 0.15) is 25.7 Å². The molecule has 0 amide bonds.